The van der Waals surface area contributed by atoms with Gasteiger partial charge in [0, 0.05) is 18.3 Å². The molecule has 2 aromatic heterocycles. The predicted octanol–water partition coefficient (Wildman–Crippen LogP) is 3.82. The molecule has 0 saturated carbocycles. The lowest BCUT2D eigenvalue weighted by Crippen LogP contribution is -2.14. The molecule has 2 heterocycles. The standard InChI is InChI=1S/C16H13ClF3N5O/c1-25-12(6-13(24-25)16(18,19)20)9-2-4-11(5-3-9)22-15(26)14-10(7-17)8-21-23-14/h2-6,8H,7H2,1H3,(H,21,23)(H,22,26). The van der Waals surface area contributed by atoms with Crippen LogP contribution in [-0.4, -0.2) is 25.9 Å². The lowest BCUT2D eigenvalue weighted by atomic mass is 10.1. The number of hydrogen-bond donors (Lipinski definition) is 2. The Hall–Kier alpha value is -2.81. The second-order valence-electron chi connectivity index (χ2n) is 5.47. The number of hydrogen-bond acceptors (Lipinski definition) is 3. The Labute approximate surface area is 151 Å². The molecule has 3 aromatic rings. The number of amides is 1. The Bertz CT molecular complexity index is 930. The molecule has 10 heteroatoms. The minimum atomic E-state index is -4.51. The van der Waals surface area contributed by atoms with E-state index in [0.29, 0.717) is 22.5 Å². The fourth-order valence-electron chi connectivity index (χ4n) is 2.40. The lowest BCUT2D eigenvalue weighted by molar-refractivity contribution is -0.141. The Morgan fingerprint density at radius 2 is 2.00 bits per heavy atom. The molecule has 6 nitrogen and oxygen atoms in total. The van der Waals surface area contributed by atoms with Gasteiger partial charge in [-0.15, -0.1) is 11.6 Å². The summed E-state index contributed by atoms with van der Waals surface area (Å²) >= 11 is 5.73. The topological polar surface area (TPSA) is 75.6 Å². The van der Waals surface area contributed by atoms with E-state index >= 15 is 0 Å². The fraction of sp³-hybridized carbons (Fsp3) is 0.188. The highest BCUT2D eigenvalue weighted by molar-refractivity contribution is 6.18. The van der Waals surface area contributed by atoms with Crippen molar-refractivity contribution in [2.75, 3.05) is 5.32 Å². The summed E-state index contributed by atoms with van der Waals surface area (Å²) in [5.41, 5.74) is 1.19. The van der Waals surface area contributed by atoms with Crippen LogP contribution in [0.1, 0.15) is 21.7 Å². The average molecular weight is 384 g/mol. The van der Waals surface area contributed by atoms with E-state index in [1.54, 1.807) is 24.3 Å². The van der Waals surface area contributed by atoms with Crippen LogP contribution in [0.25, 0.3) is 11.3 Å². The van der Waals surface area contributed by atoms with Crippen molar-refractivity contribution >= 4 is 23.2 Å². The molecule has 0 saturated heterocycles. The zero-order valence-electron chi connectivity index (χ0n) is 13.4. The molecule has 0 aliphatic rings. The molecule has 26 heavy (non-hydrogen) atoms. The SMILES string of the molecule is Cn1nc(C(F)(F)F)cc1-c1ccc(NC(=O)c2[nH]ncc2CCl)cc1. The quantitative estimate of drug-likeness (QED) is 0.672. The second kappa shape index (κ2) is 6.83. The second-order valence-corrected chi connectivity index (χ2v) is 5.74. The molecule has 136 valence electrons. The van der Waals surface area contributed by atoms with Crippen LogP contribution in [0.5, 0.6) is 0 Å². The number of aryl methyl sites for hydroxylation is 1. The van der Waals surface area contributed by atoms with Gasteiger partial charge < -0.3 is 5.32 Å². The molecule has 0 spiro atoms. The fourth-order valence-corrected chi connectivity index (χ4v) is 2.61. The van der Waals surface area contributed by atoms with Gasteiger partial charge in [-0.3, -0.25) is 14.6 Å². The summed E-state index contributed by atoms with van der Waals surface area (Å²) < 4.78 is 39.4. The number of benzene rings is 1. The van der Waals surface area contributed by atoms with Crippen molar-refractivity contribution < 1.29 is 18.0 Å². The lowest BCUT2D eigenvalue weighted by Gasteiger charge is -2.07. The van der Waals surface area contributed by atoms with Crippen LogP contribution < -0.4 is 5.32 Å². The maximum Gasteiger partial charge on any atom is 0.435 e. The third kappa shape index (κ3) is 3.57. The molecular formula is C16H13ClF3N5O. The van der Waals surface area contributed by atoms with E-state index in [-0.39, 0.29) is 11.6 Å². The van der Waals surface area contributed by atoms with Crippen LogP contribution in [0.2, 0.25) is 0 Å². The van der Waals surface area contributed by atoms with Crippen LogP contribution in [0.3, 0.4) is 0 Å². The molecular weight excluding hydrogens is 371 g/mol. The highest BCUT2D eigenvalue weighted by atomic mass is 35.5. The van der Waals surface area contributed by atoms with Crippen LogP contribution in [0.15, 0.2) is 36.5 Å². The molecule has 0 atom stereocenters. The Morgan fingerprint density at radius 3 is 2.58 bits per heavy atom. The molecule has 1 aromatic carbocycles. The van der Waals surface area contributed by atoms with Gasteiger partial charge in [0.15, 0.2) is 5.69 Å². The molecule has 3 rings (SSSR count). The Kier molecular flexibility index (Phi) is 4.73. The van der Waals surface area contributed by atoms with Crippen molar-refractivity contribution in [1.29, 1.82) is 0 Å². The minimum absolute atomic E-state index is 0.139. The first-order valence-electron chi connectivity index (χ1n) is 7.41. The summed E-state index contributed by atoms with van der Waals surface area (Å²) in [6.07, 6.45) is -3.04. The van der Waals surface area contributed by atoms with Crippen LogP contribution in [0, 0.1) is 0 Å². The van der Waals surface area contributed by atoms with E-state index in [0.717, 1.165) is 10.7 Å². The summed E-state index contributed by atoms with van der Waals surface area (Å²) in [4.78, 5) is 12.2. The van der Waals surface area contributed by atoms with Crippen molar-refractivity contribution in [2.24, 2.45) is 7.05 Å². The highest BCUT2D eigenvalue weighted by Gasteiger charge is 2.34. The molecule has 0 aliphatic carbocycles. The van der Waals surface area contributed by atoms with E-state index < -0.39 is 17.8 Å². The summed E-state index contributed by atoms with van der Waals surface area (Å²) in [5, 5.41) is 12.5. The van der Waals surface area contributed by atoms with E-state index in [9.17, 15) is 18.0 Å². The van der Waals surface area contributed by atoms with Crippen LogP contribution >= 0.6 is 11.6 Å². The summed E-state index contributed by atoms with van der Waals surface area (Å²) in [6.45, 7) is 0. The van der Waals surface area contributed by atoms with Gasteiger partial charge in [-0.2, -0.15) is 23.4 Å². The molecule has 0 bridgehead atoms. The van der Waals surface area contributed by atoms with E-state index in [1.807, 2.05) is 0 Å². The first kappa shape index (κ1) is 18.0. The predicted molar refractivity (Wildman–Crippen MR) is 89.7 cm³/mol. The van der Waals surface area contributed by atoms with Gasteiger partial charge in [0.05, 0.1) is 17.8 Å². The number of rotatable bonds is 4. The van der Waals surface area contributed by atoms with Crippen molar-refractivity contribution in [2.45, 2.75) is 12.1 Å². The Balaban J connectivity index is 1.79. The van der Waals surface area contributed by atoms with Gasteiger partial charge in [-0.05, 0) is 23.8 Å². The highest BCUT2D eigenvalue weighted by Crippen LogP contribution is 2.31. The first-order valence-corrected chi connectivity index (χ1v) is 7.94. The number of aromatic amines is 1. The third-order valence-electron chi connectivity index (χ3n) is 3.70. The first-order chi connectivity index (χ1) is 12.3. The minimum Gasteiger partial charge on any atom is -0.321 e. The number of halogens is 4. The van der Waals surface area contributed by atoms with Gasteiger partial charge in [-0.1, -0.05) is 12.1 Å². The number of nitrogens with one attached hydrogen (secondary N) is 2. The summed E-state index contributed by atoms with van der Waals surface area (Å²) in [5.74, 6) is -0.272. The number of H-pyrrole nitrogens is 1. The van der Waals surface area contributed by atoms with Gasteiger partial charge in [-0.25, -0.2) is 0 Å². The number of alkyl halides is 4. The molecule has 1 amide bonds. The van der Waals surface area contributed by atoms with Crippen molar-refractivity contribution in [3.05, 3.63) is 53.5 Å². The monoisotopic (exact) mass is 383 g/mol. The molecule has 0 fully saturated rings. The number of anilines is 1. The van der Waals surface area contributed by atoms with Gasteiger partial charge >= 0.3 is 6.18 Å². The molecule has 0 radical (unpaired) electrons. The molecule has 0 unspecified atom stereocenters. The Morgan fingerprint density at radius 1 is 1.31 bits per heavy atom. The molecule has 2 N–H and O–H groups in total. The zero-order chi connectivity index (χ0) is 18.9. The maximum atomic E-state index is 12.8. The van der Waals surface area contributed by atoms with Gasteiger partial charge in [0.1, 0.15) is 5.69 Å². The summed E-state index contributed by atoms with van der Waals surface area (Å²) in [7, 11) is 1.44. The summed E-state index contributed by atoms with van der Waals surface area (Å²) in [6, 6.07) is 7.35. The van der Waals surface area contributed by atoms with E-state index in [1.165, 1.54) is 13.2 Å². The van der Waals surface area contributed by atoms with Crippen LogP contribution in [0.4, 0.5) is 18.9 Å². The van der Waals surface area contributed by atoms with E-state index in [2.05, 4.69) is 20.6 Å². The largest absolute Gasteiger partial charge is 0.435 e. The smallest absolute Gasteiger partial charge is 0.321 e. The maximum absolute atomic E-state index is 12.8. The van der Waals surface area contributed by atoms with Crippen molar-refractivity contribution in [3.63, 3.8) is 0 Å². The van der Waals surface area contributed by atoms with Crippen LogP contribution in [-0.2, 0) is 19.1 Å². The zero-order valence-corrected chi connectivity index (χ0v) is 14.2. The average Bonchev–Trinajstić information content (AvgIpc) is 3.21. The number of aromatic nitrogens is 4. The molecule has 0 aliphatic heterocycles. The number of carbonyl (C=O) groups excluding carboxylic acids is 1. The third-order valence-corrected chi connectivity index (χ3v) is 3.99. The number of nitrogens with zero attached hydrogens (tertiary/aromatic N) is 3. The van der Waals surface area contributed by atoms with E-state index in [4.69, 9.17) is 11.6 Å². The normalized spacial score (nSPS) is 11.6. The van der Waals surface area contributed by atoms with Crippen molar-refractivity contribution in [3.8, 4) is 11.3 Å². The van der Waals surface area contributed by atoms with Gasteiger partial charge in [0.25, 0.3) is 5.91 Å². The van der Waals surface area contributed by atoms with Gasteiger partial charge in [0.2, 0.25) is 0 Å². The number of carbonyl (C=O) groups is 1. The van der Waals surface area contributed by atoms with Crippen molar-refractivity contribution in [1.82, 2.24) is 20.0 Å².